The largest absolute Gasteiger partial charge is 0.354 e. The summed E-state index contributed by atoms with van der Waals surface area (Å²) in [7, 11) is 3.39. The Bertz CT molecular complexity index is 710. The van der Waals surface area contributed by atoms with Crippen molar-refractivity contribution in [2.24, 2.45) is 0 Å². The van der Waals surface area contributed by atoms with Gasteiger partial charge in [0.1, 0.15) is 11.6 Å². The molecule has 1 N–H and O–H groups in total. The molecule has 2 rings (SSSR count). The normalized spacial score (nSPS) is 12.4. The minimum absolute atomic E-state index is 0.0641. The lowest BCUT2D eigenvalue weighted by Crippen LogP contribution is -2.35. The molecule has 8 heteroatoms. The van der Waals surface area contributed by atoms with E-state index in [4.69, 9.17) is 16.1 Å². The molecule has 1 amide bonds. The molecule has 0 aliphatic rings. The third-order valence-corrected chi connectivity index (χ3v) is 4.28. The lowest BCUT2D eigenvalue weighted by Gasteiger charge is -2.25. The Morgan fingerprint density at radius 2 is 2.00 bits per heavy atom. The average Bonchev–Trinajstić information content (AvgIpc) is 2.86. The van der Waals surface area contributed by atoms with Crippen LogP contribution in [0.2, 0.25) is 5.22 Å². The summed E-state index contributed by atoms with van der Waals surface area (Å²) in [6, 6.07) is 3.09. The third-order valence-electron chi connectivity index (χ3n) is 3.99. The Balaban J connectivity index is 1.98. The number of rotatable bonds is 7. The van der Waals surface area contributed by atoms with E-state index in [0.717, 1.165) is 0 Å². The van der Waals surface area contributed by atoms with Crippen LogP contribution < -0.4 is 5.32 Å². The van der Waals surface area contributed by atoms with Gasteiger partial charge in [0.15, 0.2) is 0 Å². The van der Waals surface area contributed by atoms with Gasteiger partial charge in [0, 0.05) is 24.1 Å². The number of nitrogens with one attached hydrogen (secondary N) is 1. The lowest BCUT2D eigenvalue weighted by molar-refractivity contribution is -0.121. The Labute approximate surface area is 149 Å². The van der Waals surface area contributed by atoms with Crippen molar-refractivity contribution in [3.8, 4) is 0 Å². The van der Waals surface area contributed by atoms with E-state index < -0.39 is 17.7 Å². The van der Waals surface area contributed by atoms with Gasteiger partial charge in [-0.1, -0.05) is 11.2 Å². The van der Waals surface area contributed by atoms with Crippen LogP contribution in [0.4, 0.5) is 8.78 Å². The summed E-state index contributed by atoms with van der Waals surface area (Å²) in [6.45, 7) is 1.83. The second-order valence-corrected chi connectivity index (χ2v) is 6.28. The third kappa shape index (κ3) is 4.76. The minimum atomic E-state index is -0.639. The fourth-order valence-corrected chi connectivity index (χ4v) is 2.82. The van der Waals surface area contributed by atoms with E-state index in [2.05, 4.69) is 10.5 Å². The molecule has 136 valence electrons. The van der Waals surface area contributed by atoms with Gasteiger partial charge in [0.05, 0.1) is 11.7 Å². The smallest absolute Gasteiger partial charge is 0.229 e. The number of benzene rings is 1. The van der Waals surface area contributed by atoms with Crippen LogP contribution in [0.5, 0.6) is 0 Å². The first kappa shape index (κ1) is 19.3. The summed E-state index contributed by atoms with van der Waals surface area (Å²) >= 11 is 5.86. The zero-order valence-corrected chi connectivity index (χ0v) is 15.0. The number of carbonyl (C=O) groups is 1. The number of hydrogen-bond acceptors (Lipinski definition) is 4. The Hall–Kier alpha value is -1.99. The molecule has 1 atom stereocenters. The molecule has 0 aliphatic heterocycles. The SMILES string of the molecule is Cc1noc(Cl)c1CCC(=O)NCC(c1c(F)cccc1F)N(C)C. The van der Waals surface area contributed by atoms with Gasteiger partial charge in [-0.3, -0.25) is 4.79 Å². The summed E-state index contributed by atoms with van der Waals surface area (Å²) in [6.07, 6.45) is 0.544. The minimum Gasteiger partial charge on any atom is -0.354 e. The summed E-state index contributed by atoms with van der Waals surface area (Å²) in [4.78, 5) is 13.7. The second kappa shape index (κ2) is 8.40. The average molecular weight is 372 g/mol. The van der Waals surface area contributed by atoms with Crippen molar-refractivity contribution in [3.05, 3.63) is 51.9 Å². The highest BCUT2D eigenvalue weighted by Gasteiger charge is 2.23. The quantitative estimate of drug-likeness (QED) is 0.811. The number of amides is 1. The van der Waals surface area contributed by atoms with E-state index in [1.807, 2.05) is 0 Å². The Morgan fingerprint density at radius 1 is 1.36 bits per heavy atom. The van der Waals surface area contributed by atoms with Crippen LogP contribution in [0.25, 0.3) is 0 Å². The van der Waals surface area contributed by atoms with E-state index in [-0.39, 0.29) is 29.7 Å². The van der Waals surface area contributed by atoms with Crippen molar-refractivity contribution in [3.63, 3.8) is 0 Å². The van der Waals surface area contributed by atoms with Crippen LogP contribution in [0, 0.1) is 18.6 Å². The molecule has 0 radical (unpaired) electrons. The van der Waals surface area contributed by atoms with Crippen molar-refractivity contribution < 1.29 is 18.1 Å². The topological polar surface area (TPSA) is 58.4 Å². The maximum Gasteiger partial charge on any atom is 0.229 e. The summed E-state index contributed by atoms with van der Waals surface area (Å²) in [5.74, 6) is -1.53. The Morgan fingerprint density at radius 3 is 2.52 bits per heavy atom. The van der Waals surface area contributed by atoms with E-state index in [0.29, 0.717) is 17.7 Å². The van der Waals surface area contributed by atoms with Gasteiger partial charge in [0.25, 0.3) is 0 Å². The van der Waals surface area contributed by atoms with Gasteiger partial charge in [-0.05, 0) is 51.2 Å². The molecule has 1 heterocycles. The van der Waals surface area contributed by atoms with Crippen molar-refractivity contribution in [1.82, 2.24) is 15.4 Å². The highest BCUT2D eigenvalue weighted by molar-refractivity contribution is 6.29. The molecule has 0 bridgehead atoms. The molecular weight excluding hydrogens is 352 g/mol. The van der Waals surface area contributed by atoms with Crippen molar-refractivity contribution in [1.29, 1.82) is 0 Å². The zero-order chi connectivity index (χ0) is 18.6. The molecule has 0 fully saturated rings. The van der Waals surface area contributed by atoms with Crippen molar-refractivity contribution in [2.45, 2.75) is 25.8 Å². The van der Waals surface area contributed by atoms with Crippen molar-refractivity contribution >= 4 is 17.5 Å². The van der Waals surface area contributed by atoms with E-state index in [1.165, 1.54) is 18.2 Å². The lowest BCUT2D eigenvalue weighted by atomic mass is 10.0. The molecule has 0 spiro atoms. The number of aryl methyl sites for hydroxylation is 1. The van der Waals surface area contributed by atoms with E-state index >= 15 is 0 Å². The van der Waals surface area contributed by atoms with Crippen LogP contribution in [0.15, 0.2) is 22.7 Å². The second-order valence-electron chi connectivity index (χ2n) is 5.94. The molecule has 5 nitrogen and oxygen atoms in total. The maximum atomic E-state index is 14.0. The monoisotopic (exact) mass is 371 g/mol. The molecule has 0 saturated heterocycles. The van der Waals surface area contributed by atoms with Gasteiger partial charge in [-0.2, -0.15) is 0 Å². The van der Waals surface area contributed by atoms with Gasteiger partial charge < -0.3 is 14.7 Å². The summed E-state index contributed by atoms with van der Waals surface area (Å²) in [5, 5.41) is 6.60. The number of aromatic nitrogens is 1. The predicted octanol–water partition coefficient (Wildman–Crippen LogP) is 3.27. The molecular formula is C17H20ClF2N3O2. The number of carbonyl (C=O) groups excluding carboxylic acids is 1. The highest BCUT2D eigenvalue weighted by Crippen LogP contribution is 2.24. The molecule has 1 aromatic carbocycles. The standard InChI is InChI=1S/C17H20ClF2N3O2/c1-10-11(17(18)25-22-10)7-8-15(24)21-9-14(23(2)3)16-12(19)5-4-6-13(16)20/h4-6,14H,7-9H2,1-3H3,(H,21,24). The molecule has 1 aromatic heterocycles. The van der Waals surface area contributed by atoms with Gasteiger partial charge >= 0.3 is 0 Å². The van der Waals surface area contributed by atoms with E-state index in [9.17, 15) is 13.6 Å². The van der Waals surface area contributed by atoms with Crippen molar-refractivity contribution in [2.75, 3.05) is 20.6 Å². The number of likely N-dealkylation sites (N-methyl/N-ethyl adjacent to an activating group) is 1. The first-order valence-corrected chi connectivity index (χ1v) is 8.16. The van der Waals surface area contributed by atoms with Crippen LogP contribution in [-0.4, -0.2) is 36.6 Å². The molecule has 0 aliphatic carbocycles. The van der Waals surface area contributed by atoms with E-state index in [1.54, 1.807) is 25.9 Å². The van der Waals surface area contributed by atoms with Crippen LogP contribution >= 0.6 is 11.6 Å². The fourth-order valence-electron chi connectivity index (χ4n) is 2.55. The zero-order valence-electron chi connectivity index (χ0n) is 14.3. The van der Waals surface area contributed by atoms with Gasteiger partial charge in [-0.15, -0.1) is 0 Å². The molecule has 0 saturated carbocycles. The predicted molar refractivity (Wildman–Crippen MR) is 90.4 cm³/mol. The molecule has 2 aromatic rings. The van der Waals surface area contributed by atoms with Crippen LogP contribution in [0.3, 0.4) is 0 Å². The number of hydrogen-bond donors (Lipinski definition) is 1. The van der Waals surface area contributed by atoms with Gasteiger partial charge in [-0.25, -0.2) is 8.78 Å². The first-order valence-electron chi connectivity index (χ1n) is 7.79. The maximum absolute atomic E-state index is 14.0. The van der Waals surface area contributed by atoms with Crippen LogP contribution in [0.1, 0.15) is 29.3 Å². The summed E-state index contributed by atoms with van der Waals surface area (Å²) in [5.41, 5.74) is 1.25. The molecule has 25 heavy (non-hydrogen) atoms. The fraction of sp³-hybridized carbons (Fsp3) is 0.412. The van der Waals surface area contributed by atoms with Gasteiger partial charge in [0.2, 0.25) is 11.1 Å². The highest BCUT2D eigenvalue weighted by atomic mass is 35.5. The summed E-state index contributed by atoms with van der Waals surface area (Å²) < 4.78 is 32.8. The number of nitrogens with zero attached hydrogens (tertiary/aromatic N) is 2. The molecule has 1 unspecified atom stereocenters. The first-order chi connectivity index (χ1) is 11.8. The Kier molecular flexibility index (Phi) is 6.50. The number of halogens is 3. The van der Waals surface area contributed by atoms with Crippen LogP contribution in [-0.2, 0) is 11.2 Å².